The Hall–Kier alpha value is -2.04. The molecule has 0 unspecified atom stereocenters. The summed E-state index contributed by atoms with van der Waals surface area (Å²) in [6, 6.07) is 15.7. The van der Waals surface area contributed by atoms with Gasteiger partial charge in [0.2, 0.25) is 5.91 Å². The van der Waals surface area contributed by atoms with E-state index in [1.54, 1.807) is 0 Å². The zero-order chi connectivity index (χ0) is 16.5. The lowest BCUT2D eigenvalue weighted by molar-refractivity contribution is -0.121. The highest BCUT2D eigenvalue weighted by molar-refractivity contribution is 5.85. The lowest BCUT2D eigenvalue weighted by Gasteiger charge is -2.13. The van der Waals surface area contributed by atoms with Gasteiger partial charge in [-0.2, -0.15) is 0 Å². The number of benzene rings is 2. The van der Waals surface area contributed by atoms with E-state index in [0.29, 0.717) is 13.0 Å². The second kappa shape index (κ2) is 10.7. The van der Waals surface area contributed by atoms with Gasteiger partial charge in [0.25, 0.3) is 0 Å². The topological polar surface area (TPSA) is 50.4 Å². The minimum absolute atomic E-state index is 0. The van der Waals surface area contributed by atoms with E-state index in [-0.39, 0.29) is 18.3 Å². The molecule has 0 atom stereocenters. The van der Waals surface area contributed by atoms with E-state index in [4.69, 9.17) is 4.74 Å². The molecule has 2 aromatic carbocycles. The number of hydrogen-bond acceptors (Lipinski definition) is 3. The van der Waals surface area contributed by atoms with Crippen LogP contribution in [0, 0.1) is 6.92 Å². The Kier molecular flexibility index (Phi) is 8.90. The quantitative estimate of drug-likeness (QED) is 0.713. The molecule has 0 heterocycles. The highest BCUT2D eigenvalue weighted by Crippen LogP contribution is 2.27. The molecule has 0 aliphatic heterocycles. The third-order valence-corrected chi connectivity index (χ3v) is 3.59. The van der Waals surface area contributed by atoms with Gasteiger partial charge in [-0.25, -0.2) is 0 Å². The fourth-order valence-corrected chi connectivity index (χ4v) is 2.25. The number of carbonyl (C=O) groups excluding carboxylic acids is 1. The van der Waals surface area contributed by atoms with Crippen LogP contribution >= 0.6 is 12.4 Å². The third-order valence-electron chi connectivity index (χ3n) is 3.59. The predicted molar refractivity (Wildman–Crippen MR) is 100.0 cm³/mol. The summed E-state index contributed by atoms with van der Waals surface area (Å²) in [5.41, 5.74) is 2.05. The van der Waals surface area contributed by atoms with Crippen molar-refractivity contribution in [2.24, 2.45) is 0 Å². The predicted octanol–water partition coefficient (Wildman–Crippen LogP) is 3.82. The van der Waals surface area contributed by atoms with Crippen LogP contribution < -0.4 is 15.4 Å². The average Bonchev–Trinajstić information content (AvgIpc) is 2.56. The van der Waals surface area contributed by atoms with Gasteiger partial charge in [0.1, 0.15) is 11.5 Å². The summed E-state index contributed by atoms with van der Waals surface area (Å²) in [4.78, 5) is 11.8. The van der Waals surface area contributed by atoms with E-state index in [1.807, 2.05) is 62.5 Å². The summed E-state index contributed by atoms with van der Waals surface area (Å²) in [6.45, 7) is 3.34. The second-order valence-electron chi connectivity index (χ2n) is 5.46. The molecule has 0 aliphatic carbocycles. The van der Waals surface area contributed by atoms with Gasteiger partial charge in [0, 0.05) is 18.5 Å². The Morgan fingerprint density at radius 1 is 1.04 bits per heavy atom. The third kappa shape index (κ3) is 6.22. The lowest BCUT2D eigenvalue weighted by Crippen LogP contribution is -2.23. The van der Waals surface area contributed by atoms with Gasteiger partial charge in [0.05, 0.1) is 0 Å². The van der Waals surface area contributed by atoms with Crippen molar-refractivity contribution in [2.45, 2.75) is 26.3 Å². The van der Waals surface area contributed by atoms with E-state index in [2.05, 4.69) is 10.6 Å². The van der Waals surface area contributed by atoms with Crippen molar-refractivity contribution in [3.63, 3.8) is 0 Å². The Balaban J connectivity index is 0.00000288. The number of ether oxygens (including phenoxy) is 1. The normalized spacial score (nSPS) is 9.92. The molecule has 1 amide bonds. The van der Waals surface area contributed by atoms with Crippen LogP contribution in [-0.4, -0.2) is 19.5 Å². The first-order valence-electron chi connectivity index (χ1n) is 7.93. The Morgan fingerprint density at radius 3 is 2.42 bits per heavy atom. The number of para-hydroxylation sites is 2. The van der Waals surface area contributed by atoms with Gasteiger partial charge in [-0.1, -0.05) is 36.4 Å². The fourth-order valence-electron chi connectivity index (χ4n) is 2.25. The first-order chi connectivity index (χ1) is 11.2. The molecule has 2 aromatic rings. The summed E-state index contributed by atoms with van der Waals surface area (Å²) >= 11 is 0. The molecule has 0 radical (unpaired) electrons. The van der Waals surface area contributed by atoms with Crippen LogP contribution in [0.3, 0.4) is 0 Å². The molecule has 5 heteroatoms. The van der Waals surface area contributed by atoms with Crippen LogP contribution in [0.4, 0.5) is 0 Å². The van der Waals surface area contributed by atoms with E-state index in [9.17, 15) is 4.79 Å². The minimum Gasteiger partial charge on any atom is -0.457 e. The molecular formula is C19H25ClN2O2. The summed E-state index contributed by atoms with van der Waals surface area (Å²) < 4.78 is 6.01. The molecule has 0 aromatic heterocycles. The molecule has 0 spiro atoms. The number of nitrogens with one attached hydrogen (secondary N) is 2. The smallest absolute Gasteiger partial charge is 0.220 e. The molecule has 0 aliphatic rings. The molecule has 0 saturated heterocycles. The fraction of sp³-hybridized carbons (Fsp3) is 0.316. The van der Waals surface area contributed by atoms with E-state index >= 15 is 0 Å². The molecule has 24 heavy (non-hydrogen) atoms. The van der Waals surface area contributed by atoms with Gasteiger partial charge >= 0.3 is 0 Å². The molecule has 2 N–H and O–H groups in total. The maximum Gasteiger partial charge on any atom is 0.220 e. The monoisotopic (exact) mass is 348 g/mol. The zero-order valence-electron chi connectivity index (χ0n) is 14.2. The first kappa shape index (κ1) is 20.0. The second-order valence-corrected chi connectivity index (χ2v) is 5.46. The highest BCUT2D eigenvalue weighted by atomic mass is 35.5. The number of hydrogen-bond donors (Lipinski definition) is 2. The number of amides is 1. The van der Waals surface area contributed by atoms with Crippen LogP contribution in [0.15, 0.2) is 48.5 Å². The van der Waals surface area contributed by atoms with Gasteiger partial charge in [-0.15, -0.1) is 12.4 Å². The number of halogens is 1. The Bertz CT molecular complexity index is 647. The van der Waals surface area contributed by atoms with E-state index in [0.717, 1.165) is 35.6 Å². The molecular weight excluding hydrogens is 324 g/mol. The molecule has 0 saturated carbocycles. The van der Waals surface area contributed by atoms with Crippen LogP contribution in [0.2, 0.25) is 0 Å². The van der Waals surface area contributed by atoms with E-state index < -0.39 is 0 Å². The molecule has 4 nitrogen and oxygen atoms in total. The summed E-state index contributed by atoms with van der Waals surface area (Å²) in [6.07, 6.45) is 1.37. The number of rotatable bonds is 8. The highest BCUT2D eigenvalue weighted by Gasteiger charge is 2.07. The van der Waals surface area contributed by atoms with Crippen LogP contribution in [-0.2, 0) is 11.3 Å². The van der Waals surface area contributed by atoms with Crippen molar-refractivity contribution in [1.29, 1.82) is 0 Å². The molecule has 2 rings (SSSR count). The summed E-state index contributed by atoms with van der Waals surface area (Å²) in [7, 11) is 1.89. The number of aryl methyl sites for hydroxylation is 1. The van der Waals surface area contributed by atoms with Gasteiger partial charge < -0.3 is 15.4 Å². The van der Waals surface area contributed by atoms with Crippen molar-refractivity contribution in [1.82, 2.24) is 10.6 Å². The van der Waals surface area contributed by atoms with Crippen LogP contribution in [0.1, 0.15) is 24.0 Å². The van der Waals surface area contributed by atoms with Crippen molar-refractivity contribution in [3.05, 3.63) is 59.7 Å². The average molecular weight is 349 g/mol. The van der Waals surface area contributed by atoms with Gasteiger partial charge in [-0.05, 0) is 44.6 Å². The van der Waals surface area contributed by atoms with Gasteiger partial charge in [-0.3, -0.25) is 4.79 Å². The first-order valence-corrected chi connectivity index (χ1v) is 7.93. The molecule has 0 fully saturated rings. The summed E-state index contributed by atoms with van der Waals surface area (Å²) in [5, 5.41) is 5.99. The maximum absolute atomic E-state index is 11.8. The molecule has 130 valence electrons. The van der Waals surface area contributed by atoms with Crippen LogP contribution in [0.5, 0.6) is 11.5 Å². The standard InChI is InChI=1S/C19H24N2O2.ClH/c1-15-8-3-5-10-17(15)23-18-11-6-4-9-16(18)14-21-19(22)12-7-13-20-2;/h3-6,8-11,20H,7,12-14H2,1-2H3,(H,21,22);1H. The SMILES string of the molecule is CNCCCC(=O)NCc1ccccc1Oc1ccccc1C.Cl. The lowest BCUT2D eigenvalue weighted by atomic mass is 10.2. The van der Waals surface area contributed by atoms with Crippen molar-refractivity contribution in [2.75, 3.05) is 13.6 Å². The summed E-state index contributed by atoms with van der Waals surface area (Å²) in [5.74, 6) is 1.67. The molecule has 0 bridgehead atoms. The van der Waals surface area contributed by atoms with E-state index in [1.165, 1.54) is 0 Å². The zero-order valence-corrected chi connectivity index (χ0v) is 15.0. The van der Waals surface area contributed by atoms with Crippen LogP contribution in [0.25, 0.3) is 0 Å². The Labute approximate surface area is 150 Å². The number of carbonyl (C=O) groups is 1. The largest absolute Gasteiger partial charge is 0.457 e. The van der Waals surface area contributed by atoms with Gasteiger partial charge in [0.15, 0.2) is 0 Å². The van der Waals surface area contributed by atoms with Crippen molar-refractivity contribution >= 4 is 18.3 Å². The Morgan fingerprint density at radius 2 is 1.71 bits per heavy atom. The minimum atomic E-state index is 0. The van der Waals surface area contributed by atoms with Crippen molar-refractivity contribution < 1.29 is 9.53 Å². The maximum atomic E-state index is 11.8. The van der Waals surface area contributed by atoms with Crippen molar-refractivity contribution in [3.8, 4) is 11.5 Å².